The number of amides is 9. The van der Waals surface area contributed by atoms with Gasteiger partial charge >= 0.3 is 12.1 Å². The molecule has 57 heavy (non-hydrogen) atoms. The van der Waals surface area contributed by atoms with Crippen LogP contribution in [0.1, 0.15) is 85.6 Å². The molecule has 1 aromatic rings. The molecular weight excluding hydrogens is 806 g/mol. The molecule has 0 aliphatic rings. The predicted molar refractivity (Wildman–Crippen MR) is 219 cm³/mol. The number of alkyl halides is 1. The number of nitrogens with zero attached hydrogens (tertiary/aromatic N) is 1. The van der Waals surface area contributed by atoms with Crippen LogP contribution in [0.5, 0.6) is 0 Å². The molecule has 1 rings (SSSR count). The number of carbonyl (C=O) groups excluding carboxylic acids is 8. The molecule has 0 radical (unpaired) electrons. The van der Waals surface area contributed by atoms with Crippen molar-refractivity contribution in [2.45, 2.75) is 110 Å². The zero-order valence-corrected chi connectivity index (χ0v) is 35.9. The summed E-state index contributed by atoms with van der Waals surface area (Å²) in [7, 11) is 3.18. The van der Waals surface area contributed by atoms with E-state index in [9.17, 15) is 38.4 Å². The van der Waals surface area contributed by atoms with Crippen LogP contribution in [0.2, 0.25) is 0 Å². The van der Waals surface area contributed by atoms with Crippen LogP contribution in [0.4, 0.5) is 15.3 Å². The second-order valence-electron chi connectivity index (χ2n) is 15.0. The van der Waals surface area contributed by atoms with Gasteiger partial charge in [0.05, 0.1) is 5.33 Å². The molecule has 0 aromatic heterocycles. The van der Waals surface area contributed by atoms with Crippen LogP contribution in [-0.4, -0.2) is 109 Å². The van der Waals surface area contributed by atoms with Gasteiger partial charge in [-0.2, -0.15) is 0 Å². The number of likely N-dealkylation sites (N-methyl/N-ethyl adjacent to an activating group) is 1. The molecule has 0 fully saturated rings. The third-order valence-electron chi connectivity index (χ3n) is 8.63. The monoisotopic (exact) mass is 867 g/mol. The van der Waals surface area contributed by atoms with Crippen molar-refractivity contribution in [2.75, 3.05) is 37.8 Å². The highest BCUT2D eigenvalue weighted by atomic mass is 79.9. The number of primary amides is 1. The van der Waals surface area contributed by atoms with E-state index in [1.807, 2.05) is 0 Å². The number of nitrogens with two attached hydrogens (primary N) is 1. The molecule has 9 amide bonds. The first-order chi connectivity index (χ1) is 26.7. The van der Waals surface area contributed by atoms with E-state index in [1.54, 1.807) is 66.1 Å². The third-order valence-corrected chi connectivity index (χ3v) is 9.13. The minimum absolute atomic E-state index is 0.111. The summed E-state index contributed by atoms with van der Waals surface area (Å²) in [6.45, 7) is 10.6. The Balaban J connectivity index is 2.85. The molecule has 0 aliphatic heterocycles. The molecule has 0 spiro atoms. The number of carbonyl (C=O) groups is 8. The summed E-state index contributed by atoms with van der Waals surface area (Å²) in [6.07, 6.45) is 1.75. The number of benzene rings is 1. The number of rotatable bonds is 24. The number of hydrogen-bond acceptors (Lipinski definition) is 9. The Morgan fingerprint density at radius 1 is 0.772 bits per heavy atom. The fraction of sp³-hybridized carbons (Fsp3) is 0.632. The summed E-state index contributed by atoms with van der Waals surface area (Å²) < 4.78 is 5.32. The van der Waals surface area contributed by atoms with Crippen molar-refractivity contribution >= 4 is 69.2 Å². The smallest absolute Gasteiger partial charge is 0.408 e. The zero-order valence-electron chi connectivity index (χ0n) is 34.3. The van der Waals surface area contributed by atoms with Crippen LogP contribution >= 0.6 is 15.9 Å². The highest BCUT2D eigenvalue weighted by Crippen LogP contribution is 2.14. The Kier molecular flexibility index (Phi) is 22.3. The lowest BCUT2D eigenvalue weighted by Crippen LogP contribution is -2.59. The van der Waals surface area contributed by atoms with Gasteiger partial charge in [0.1, 0.15) is 30.3 Å². The van der Waals surface area contributed by atoms with E-state index in [-0.39, 0.29) is 60.9 Å². The Morgan fingerprint density at radius 3 is 1.95 bits per heavy atom. The molecule has 0 aliphatic carbocycles. The number of alkyl carbamates (subject to hydrolysis) is 1. The zero-order chi connectivity index (χ0) is 43.3. The lowest BCUT2D eigenvalue weighted by Gasteiger charge is -2.30. The van der Waals surface area contributed by atoms with E-state index in [4.69, 9.17) is 10.5 Å². The first-order valence-electron chi connectivity index (χ1n) is 19.0. The fourth-order valence-corrected chi connectivity index (χ4v) is 5.41. The van der Waals surface area contributed by atoms with Crippen molar-refractivity contribution in [1.82, 2.24) is 36.8 Å². The average molecular weight is 869 g/mol. The number of halogens is 1. The summed E-state index contributed by atoms with van der Waals surface area (Å²) >= 11 is 3.08. The van der Waals surface area contributed by atoms with Gasteiger partial charge in [0, 0.05) is 39.3 Å². The molecule has 0 heterocycles. The second kappa shape index (κ2) is 25.3. The molecule has 1 aromatic carbocycles. The SMILES string of the molecule is CC(C)[C@H](NC(=O)CCCCCNC(=O)CBr)C(=O)N[C@@H](CCCNC(N)=O)C(=O)Nc1ccc(COC(=O)NC(C)(C)C(=O)N[C@H](C(=O)N(C)C)C(C)C)cc1. The van der Waals surface area contributed by atoms with Crippen LogP contribution in [0, 0.1) is 11.8 Å². The van der Waals surface area contributed by atoms with Crippen molar-refractivity contribution in [3.05, 3.63) is 29.8 Å². The minimum Gasteiger partial charge on any atom is -0.445 e. The van der Waals surface area contributed by atoms with Gasteiger partial charge in [-0.3, -0.25) is 28.8 Å². The number of unbranched alkanes of at least 4 members (excludes halogenated alkanes) is 2. The topological polar surface area (TPSA) is 259 Å². The summed E-state index contributed by atoms with van der Waals surface area (Å²) in [6, 6.07) is 2.94. The van der Waals surface area contributed by atoms with Crippen molar-refractivity contribution in [3.63, 3.8) is 0 Å². The third kappa shape index (κ3) is 19.7. The van der Waals surface area contributed by atoms with Gasteiger partial charge in [-0.05, 0) is 69.1 Å². The highest BCUT2D eigenvalue weighted by Gasteiger charge is 2.35. The molecule has 3 atom stereocenters. The van der Waals surface area contributed by atoms with Gasteiger partial charge < -0.3 is 52.6 Å². The lowest BCUT2D eigenvalue weighted by atomic mass is 9.99. The molecule has 9 N–H and O–H groups in total. The van der Waals surface area contributed by atoms with Crippen LogP contribution in [0.3, 0.4) is 0 Å². The van der Waals surface area contributed by atoms with Crippen LogP contribution < -0.4 is 43.0 Å². The first-order valence-corrected chi connectivity index (χ1v) is 20.1. The largest absolute Gasteiger partial charge is 0.445 e. The number of anilines is 1. The normalized spacial score (nSPS) is 12.7. The van der Waals surface area contributed by atoms with Crippen molar-refractivity contribution in [1.29, 1.82) is 0 Å². The standard InChI is InChI=1S/C38H62BrN9O9/c1-23(2)30(45-28(49)14-10-9-11-19-41-29(50)21-39)33(52)44-27(13-12-20-42-36(40)55)32(51)43-26-17-15-25(16-18-26)22-57-37(56)47-38(5,6)35(54)46-31(24(3)4)34(53)48(7)8/h15-18,23-24,27,30-31H,9-14,19-22H2,1-8H3,(H,41,50)(H,43,51)(H,44,52)(H,45,49)(H,46,54)(H,47,56)(H3,40,42,55)/t27-,30-,31-/m0/s1. The van der Waals surface area contributed by atoms with Crippen molar-refractivity contribution < 1.29 is 43.1 Å². The first kappa shape index (κ1) is 50.1. The maximum Gasteiger partial charge on any atom is 0.408 e. The number of nitrogens with one attached hydrogen (secondary N) is 7. The van der Waals surface area contributed by atoms with Gasteiger partial charge in [0.2, 0.25) is 35.4 Å². The van der Waals surface area contributed by atoms with Crippen LogP contribution in [-0.2, 0) is 40.1 Å². The number of urea groups is 1. The van der Waals surface area contributed by atoms with E-state index < -0.39 is 53.5 Å². The van der Waals surface area contributed by atoms with Crippen molar-refractivity contribution in [3.8, 4) is 0 Å². The van der Waals surface area contributed by atoms with E-state index in [0.717, 1.165) is 0 Å². The molecule has 0 saturated heterocycles. The molecular formula is C38H62BrN9O9. The molecule has 0 saturated carbocycles. The molecule has 19 heteroatoms. The van der Waals surface area contributed by atoms with Gasteiger partial charge in [0.25, 0.3) is 0 Å². The Hall–Kier alpha value is -4.94. The van der Waals surface area contributed by atoms with Crippen LogP contribution in [0.25, 0.3) is 0 Å². The molecule has 18 nitrogen and oxygen atoms in total. The van der Waals surface area contributed by atoms with Gasteiger partial charge in [-0.15, -0.1) is 0 Å². The van der Waals surface area contributed by atoms with Gasteiger partial charge in [-0.25, -0.2) is 9.59 Å². The second-order valence-corrected chi connectivity index (χ2v) is 15.6. The molecule has 320 valence electrons. The minimum atomic E-state index is -1.40. The molecule has 0 unspecified atom stereocenters. The Labute approximate surface area is 343 Å². The maximum atomic E-state index is 13.5. The van der Waals surface area contributed by atoms with E-state index in [1.165, 1.54) is 18.7 Å². The number of hydrogen-bond donors (Lipinski definition) is 8. The number of ether oxygens (including phenoxy) is 1. The molecule has 0 bridgehead atoms. The average Bonchev–Trinajstić information content (AvgIpc) is 3.13. The van der Waals surface area contributed by atoms with E-state index in [0.29, 0.717) is 43.5 Å². The summed E-state index contributed by atoms with van der Waals surface area (Å²) in [5, 5.41) is 18.9. The summed E-state index contributed by atoms with van der Waals surface area (Å²) in [4.78, 5) is 102. The Morgan fingerprint density at radius 2 is 1.39 bits per heavy atom. The summed E-state index contributed by atoms with van der Waals surface area (Å²) in [5.41, 5.74) is 4.71. The van der Waals surface area contributed by atoms with Gasteiger partial charge in [0.15, 0.2) is 0 Å². The van der Waals surface area contributed by atoms with E-state index in [2.05, 4.69) is 53.1 Å². The lowest BCUT2D eigenvalue weighted by molar-refractivity contribution is -0.137. The van der Waals surface area contributed by atoms with Gasteiger partial charge in [-0.1, -0.05) is 62.2 Å². The van der Waals surface area contributed by atoms with Crippen molar-refractivity contribution in [2.24, 2.45) is 17.6 Å². The fourth-order valence-electron chi connectivity index (χ4n) is 5.21. The summed E-state index contributed by atoms with van der Waals surface area (Å²) in [5.74, 6) is -2.85. The maximum absolute atomic E-state index is 13.5. The van der Waals surface area contributed by atoms with Crippen LogP contribution in [0.15, 0.2) is 24.3 Å². The predicted octanol–water partition coefficient (Wildman–Crippen LogP) is 2.00. The highest BCUT2D eigenvalue weighted by molar-refractivity contribution is 9.09. The Bertz CT molecular complexity index is 1520. The quantitative estimate of drug-likeness (QED) is 0.0558. The van der Waals surface area contributed by atoms with E-state index >= 15 is 0 Å².